The van der Waals surface area contributed by atoms with Crippen molar-refractivity contribution in [2.45, 2.75) is 33.5 Å². The maximum absolute atomic E-state index is 14.7. The van der Waals surface area contributed by atoms with Gasteiger partial charge in [-0.05, 0) is 26.0 Å². The summed E-state index contributed by atoms with van der Waals surface area (Å²) in [6.45, 7) is 10.2. The number of pyridine rings is 1. The molecule has 1 aromatic carbocycles. The Morgan fingerprint density at radius 2 is 2.04 bits per heavy atom. The van der Waals surface area contributed by atoms with Gasteiger partial charge in [0.25, 0.3) is 0 Å². The molecule has 0 spiro atoms. The molecular formula is C20H23FN2O3Si. The molecule has 142 valence electrons. The van der Waals surface area contributed by atoms with Crippen LogP contribution in [-0.2, 0) is 4.74 Å². The first-order chi connectivity index (χ1) is 12.7. The van der Waals surface area contributed by atoms with E-state index >= 15 is 0 Å². The molecule has 5 nitrogen and oxygen atoms in total. The standard InChI is InChI=1S/C20H23FN2O3Si/c1-6-25-20(24)19-17(14-11-22-10-12(2)18(14)26-19)23-16-8-7-13(9-15(16)21)27(3,4)5/h7-11,23H,6H2,1-5H3. The molecule has 0 aliphatic carbocycles. The highest BCUT2D eigenvalue weighted by atomic mass is 28.3. The fourth-order valence-corrected chi connectivity index (χ4v) is 3.97. The predicted molar refractivity (Wildman–Crippen MR) is 107 cm³/mol. The first kappa shape index (κ1) is 19.1. The molecule has 7 heteroatoms. The van der Waals surface area contributed by atoms with E-state index < -0.39 is 14.0 Å². The highest BCUT2D eigenvalue weighted by molar-refractivity contribution is 6.88. The number of fused-ring (bicyclic) bond motifs is 1. The van der Waals surface area contributed by atoms with Crippen molar-refractivity contribution < 1.29 is 18.3 Å². The van der Waals surface area contributed by atoms with E-state index in [9.17, 15) is 9.18 Å². The summed E-state index contributed by atoms with van der Waals surface area (Å²) in [5.74, 6) is -0.967. The van der Waals surface area contributed by atoms with Crippen LogP contribution in [0.3, 0.4) is 0 Å². The number of nitrogens with one attached hydrogen (secondary N) is 1. The molecule has 0 saturated carbocycles. The molecule has 2 heterocycles. The number of aromatic nitrogens is 1. The van der Waals surface area contributed by atoms with Crippen LogP contribution in [0.25, 0.3) is 11.0 Å². The summed E-state index contributed by atoms with van der Waals surface area (Å²) < 4.78 is 25.6. The van der Waals surface area contributed by atoms with Gasteiger partial charge in [0.2, 0.25) is 5.76 Å². The van der Waals surface area contributed by atoms with Crippen LogP contribution in [0.1, 0.15) is 23.0 Å². The minimum Gasteiger partial charge on any atom is -0.460 e. The molecule has 0 bridgehead atoms. The molecule has 0 fully saturated rings. The number of halogens is 1. The first-order valence-corrected chi connectivity index (χ1v) is 12.3. The average molecular weight is 386 g/mol. The highest BCUT2D eigenvalue weighted by Crippen LogP contribution is 2.35. The zero-order valence-electron chi connectivity index (χ0n) is 16.1. The number of carbonyl (C=O) groups is 1. The number of anilines is 2. The first-order valence-electron chi connectivity index (χ1n) is 8.83. The number of benzene rings is 1. The van der Waals surface area contributed by atoms with E-state index in [1.165, 1.54) is 0 Å². The highest BCUT2D eigenvalue weighted by Gasteiger charge is 2.24. The third kappa shape index (κ3) is 3.73. The fraction of sp³-hybridized carbons (Fsp3) is 0.300. The van der Waals surface area contributed by atoms with Crippen molar-refractivity contribution in [3.8, 4) is 0 Å². The van der Waals surface area contributed by atoms with E-state index in [0.717, 1.165) is 10.8 Å². The zero-order chi connectivity index (χ0) is 19.8. The average Bonchev–Trinajstić information content (AvgIpc) is 2.96. The molecule has 0 saturated heterocycles. The summed E-state index contributed by atoms with van der Waals surface area (Å²) in [5, 5.41) is 4.64. The summed E-state index contributed by atoms with van der Waals surface area (Å²) >= 11 is 0. The lowest BCUT2D eigenvalue weighted by Crippen LogP contribution is -2.37. The van der Waals surface area contributed by atoms with Gasteiger partial charge in [0, 0.05) is 18.0 Å². The van der Waals surface area contributed by atoms with Crippen LogP contribution in [0.15, 0.2) is 35.0 Å². The largest absolute Gasteiger partial charge is 0.460 e. The van der Waals surface area contributed by atoms with Gasteiger partial charge in [-0.3, -0.25) is 4.98 Å². The van der Waals surface area contributed by atoms with Crippen LogP contribution in [0.4, 0.5) is 15.8 Å². The molecule has 0 amide bonds. The van der Waals surface area contributed by atoms with E-state index in [4.69, 9.17) is 9.15 Å². The van der Waals surface area contributed by atoms with Gasteiger partial charge in [-0.25, -0.2) is 9.18 Å². The summed E-state index contributed by atoms with van der Waals surface area (Å²) in [6.07, 6.45) is 3.24. The Morgan fingerprint density at radius 3 is 2.67 bits per heavy atom. The number of furan rings is 1. The minimum atomic E-state index is -1.63. The normalized spacial score (nSPS) is 11.6. The van der Waals surface area contributed by atoms with Crippen molar-refractivity contribution in [2.75, 3.05) is 11.9 Å². The lowest BCUT2D eigenvalue weighted by Gasteiger charge is -2.17. The molecule has 2 aromatic heterocycles. The van der Waals surface area contributed by atoms with E-state index in [2.05, 4.69) is 29.9 Å². The van der Waals surface area contributed by atoms with E-state index in [0.29, 0.717) is 16.7 Å². The van der Waals surface area contributed by atoms with Crippen LogP contribution in [0, 0.1) is 12.7 Å². The topological polar surface area (TPSA) is 64.4 Å². The predicted octanol–water partition coefficient (Wildman–Crippen LogP) is 4.74. The van der Waals surface area contributed by atoms with E-state index in [1.807, 2.05) is 13.0 Å². The van der Waals surface area contributed by atoms with Crippen LogP contribution in [0.5, 0.6) is 0 Å². The van der Waals surface area contributed by atoms with Crippen molar-refractivity contribution in [1.29, 1.82) is 0 Å². The van der Waals surface area contributed by atoms with Crippen molar-refractivity contribution in [3.63, 3.8) is 0 Å². The molecule has 0 atom stereocenters. The summed E-state index contributed by atoms with van der Waals surface area (Å²) in [4.78, 5) is 16.5. The molecule has 0 radical (unpaired) electrons. The van der Waals surface area contributed by atoms with Gasteiger partial charge in [0.15, 0.2) is 0 Å². The maximum Gasteiger partial charge on any atom is 0.376 e. The second-order valence-electron chi connectivity index (χ2n) is 7.43. The Kier molecular flexibility index (Phi) is 5.06. The van der Waals surface area contributed by atoms with E-state index in [1.54, 1.807) is 31.5 Å². The quantitative estimate of drug-likeness (QED) is 0.507. The van der Waals surface area contributed by atoms with Crippen molar-refractivity contribution in [3.05, 3.63) is 47.7 Å². The Morgan fingerprint density at radius 1 is 1.30 bits per heavy atom. The SMILES string of the molecule is CCOC(=O)c1oc2c(C)cncc2c1Nc1ccc([Si](C)(C)C)cc1F. The van der Waals surface area contributed by atoms with Gasteiger partial charge in [0.1, 0.15) is 17.1 Å². The van der Waals surface area contributed by atoms with Crippen molar-refractivity contribution >= 4 is 41.6 Å². The molecule has 0 unspecified atom stereocenters. The van der Waals surface area contributed by atoms with Gasteiger partial charge in [-0.1, -0.05) is 30.9 Å². The number of ether oxygens (including phenoxy) is 1. The Hall–Kier alpha value is -2.67. The second-order valence-corrected chi connectivity index (χ2v) is 12.5. The number of hydrogen-bond donors (Lipinski definition) is 1. The third-order valence-corrected chi connectivity index (χ3v) is 6.37. The number of carbonyl (C=O) groups excluding carboxylic acids is 1. The molecular weight excluding hydrogens is 363 g/mol. The van der Waals surface area contributed by atoms with Crippen LogP contribution in [0.2, 0.25) is 19.6 Å². The molecule has 3 aromatic rings. The molecule has 27 heavy (non-hydrogen) atoms. The molecule has 0 aliphatic rings. The van der Waals surface area contributed by atoms with E-state index in [-0.39, 0.29) is 23.9 Å². The van der Waals surface area contributed by atoms with Gasteiger partial charge in [-0.2, -0.15) is 0 Å². The van der Waals surface area contributed by atoms with Crippen molar-refractivity contribution in [2.24, 2.45) is 0 Å². The molecule has 3 rings (SSSR count). The van der Waals surface area contributed by atoms with Crippen molar-refractivity contribution in [1.82, 2.24) is 4.98 Å². The van der Waals surface area contributed by atoms with Crippen LogP contribution >= 0.6 is 0 Å². The summed E-state index contributed by atoms with van der Waals surface area (Å²) in [5.41, 5.74) is 1.93. The maximum atomic E-state index is 14.7. The van der Waals surface area contributed by atoms with Gasteiger partial charge in [0.05, 0.1) is 25.8 Å². The smallest absolute Gasteiger partial charge is 0.376 e. The summed E-state index contributed by atoms with van der Waals surface area (Å²) in [6, 6.07) is 5.18. The third-order valence-electron chi connectivity index (χ3n) is 4.33. The molecule has 1 N–H and O–H groups in total. The Bertz CT molecular complexity index is 1010. The number of rotatable bonds is 5. The number of nitrogens with zero attached hydrogens (tertiary/aromatic N) is 1. The van der Waals surface area contributed by atoms with Gasteiger partial charge >= 0.3 is 5.97 Å². The number of aryl methyl sites for hydroxylation is 1. The second kappa shape index (κ2) is 7.15. The molecule has 0 aliphatic heterocycles. The number of hydrogen-bond acceptors (Lipinski definition) is 5. The Labute approximate surface area is 158 Å². The minimum absolute atomic E-state index is 0.0108. The Balaban J connectivity index is 2.10. The summed E-state index contributed by atoms with van der Waals surface area (Å²) in [7, 11) is -1.63. The fourth-order valence-electron chi connectivity index (χ4n) is 2.82. The zero-order valence-corrected chi connectivity index (χ0v) is 17.1. The van der Waals surface area contributed by atoms with Gasteiger partial charge < -0.3 is 14.5 Å². The lowest BCUT2D eigenvalue weighted by molar-refractivity contribution is 0.0494. The van der Waals surface area contributed by atoms with Gasteiger partial charge in [-0.15, -0.1) is 0 Å². The van der Waals surface area contributed by atoms with Crippen LogP contribution < -0.4 is 10.5 Å². The van der Waals surface area contributed by atoms with Crippen LogP contribution in [-0.4, -0.2) is 25.6 Å². The lowest BCUT2D eigenvalue weighted by atomic mass is 10.2. The monoisotopic (exact) mass is 386 g/mol. The number of esters is 1.